The SMILES string of the molecule is Cc1cnc2c(c1)[Se]c1cccnc1N2c1ccccc1C. The van der Waals surface area contributed by atoms with E-state index in [1.807, 2.05) is 18.5 Å². The molecule has 108 valence electrons. The van der Waals surface area contributed by atoms with Gasteiger partial charge >= 0.3 is 136 Å². The van der Waals surface area contributed by atoms with Crippen molar-refractivity contribution in [2.24, 2.45) is 0 Å². The molecule has 3 heterocycles. The molecule has 0 N–H and O–H groups in total. The Bertz CT molecular complexity index is 849. The molecule has 0 aliphatic carbocycles. The first-order chi connectivity index (χ1) is 10.7. The molecule has 3 nitrogen and oxygen atoms in total. The van der Waals surface area contributed by atoms with Crippen LogP contribution in [0.15, 0.2) is 54.9 Å². The minimum absolute atomic E-state index is 0.247. The number of hydrogen-bond acceptors (Lipinski definition) is 3. The van der Waals surface area contributed by atoms with Gasteiger partial charge in [-0.25, -0.2) is 0 Å². The molecule has 2 aromatic heterocycles. The molecule has 4 rings (SSSR count). The number of aryl methyl sites for hydroxylation is 2. The number of benzene rings is 1. The van der Waals surface area contributed by atoms with Crippen LogP contribution in [0.5, 0.6) is 0 Å². The summed E-state index contributed by atoms with van der Waals surface area (Å²) in [7, 11) is 0. The Morgan fingerprint density at radius 1 is 0.909 bits per heavy atom. The summed E-state index contributed by atoms with van der Waals surface area (Å²) < 4.78 is 2.62. The summed E-state index contributed by atoms with van der Waals surface area (Å²) in [5, 5.41) is 0. The Morgan fingerprint density at radius 2 is 1.73 bits per heavy atom. The molecule has 0 saturated heterocycles. The van der Waals surface area contributed by atoms with E-state index in [-0.39, 0.29) is 15.0 Å². The minimum atomic E-state index is 0.247. The first kappa shape index (κ1) is 13.5. The number of pyridine rings is 2. The predicted octanol–water partition coefficient (Wildman–Crippen LogP) is 2.53. The van der Waals surface area contributed by atoms with Gasteiger partial charge in [-0.2, -0.15) is 0 Å². The van der Waals surface area contributed by atoms with E-state index < -0.39 is 0 Å². The second kappa shape index (κ2) is 5.24. The molecule has 1 aliphatic heterocycles. The average molecular weight is 352 g/mol. The molecule has 0 saturated carbocycles. The summed E-state index contributed by atoms with van der Waals surface area (Å²) >= 11 is 0.247. The molecule has 0 atom stereocenters. The summed E-state index contributed by atoms with van der Waals surface area (Å²) in [5.74, 6) is 2.03. The van der Waals surface area contributed by atoms with Crippen LogP contribution in [0.1, 0.15) is 11.1 Å². The van der Waals surface area contributed by atoms with Gasteiger partial charge in [0.15, 0.2) is 0 Å². The van der Waals surface area contributed by atoms with Crippen molar-refractivity contribution < 1.29 is 0 Å². The summed E-state index contributed by atoms with van der Waals surface area (Å²) in [6.45, 7) is 4.23. The Kier molecular flexibility index (Phi) is 3.21. The number of rotatable bonds is 1. The van der Waals surface area contributed by atoms with Crippen LogP contribution in [0.2, 0.25) is 0 Å². The van der Waals surface area contributed by atoms with Crippen LogP contribution in [0.4, 0.5) is 17.3 Å². The van der Waals surface area contributed by atoms with E-state index in [2.05, 4.69) is 60.1 Å². The summed E-state index contributed by atoms with van der Waals surface area (Å²) in [6.07, 6.45) is 3.80. The number of aromatic nitrogens is 2. The maximum atomic E-state index is 4.72. The van der Waals surface area contributed by atoms with Crippen LogP contribution in [0, 0.1) is 13.8 Å². The van der Waals surface area contributed by atoms with Crippen LogP contribution in [-0.4, -0.2) is 24.9 Å². The van der Waals surface area contributed by atoms with Crippen LogP contribution in [-0.2, 0) is 0 Å². The van der Waals surface area contributed by atoms with Gasteiger partial charge in [0.25, 0.3) is 0 Å². The van der Waals surface area contributed by atoms with Crippen LogP contribution in [0.3, 0.4) is 0 Å². The quantitative estimate of drug-likeness (QED) is 0.493. The normalized spacial score (nSPS) is 12.7. The summed E-state index contributed by atoms with van der Waals surface area (Å²) in [5.41, 5.74) is 3.58. The number of fused-ring (bicyclic) bond motifs is 2. The summed E-state index contributed by atoms with van der Waals surface area (Å²) in [6, 6.07) is 14.9. The fourth-order valence-corrected chi connectivity index (χ4v) is 4.97. The van der Waals surface area contributed by atoms with Crippen molar-refractivity contribution >= 4 is 41.2 Å². The van der Waals surface area contributed by atoms with Gasteiger partial charge in [0.1, 0.15) is 0 Å². The van der Waals surface area contributed by atoms with Crippen LogP contribution >= 0.6 is 0 Å². The van der Waals surface area contributed by atoms with Gasteiger partial charge in [-0.05, 0) is 0 Å². The fourth-order valence-electron chi connectivity index (χ4n) is 2.67. The second-order valence-electron chi connectivity index (χ2n) is 5.38. The zero-order valence-electron chi connectivity index (χ0n) is 12.4. The Hall–Kier alpha value is -2.16. The van der Waals surface area contributed by atoms with E-state index in [0.717, 1.165) is 17.3 Å². The first-order valence-corrected chi connectivity index (χ1v) is 8.90. The molecule has 0 spiro atoms. The third-order valence-corrected chi connectivity index (χ3v) is 5.94. The van der Waals surface area contributed by atoms with E-state index >= 15 is 0 Å². The molecule has 0 amide bonds. The molecule has 22 heavy (non-hydrogen) atoms. The molecule has 0 radical (unpaired) electrons. The standard InChI is InChI=1S/C18H15N3Se/c1-12-10-16-18(20-11-12)21(14-7-4-3-6-13(14)2)17-15(22-16)8-5-9-19-17/h3-11H,1-2H3. The number of para-hydroxylation sites is 1. The monoisotopic (exact) mass is 353 g/mol. The average Bonchev–Trinajstić information content (AvgIpc) is 2.53. The summed E-state index contributed by atoms with van der Waals surface area (Å²) in [4.78, 5) is 11.6. The first-order valence-electron chi connectivity index (χ1n) is 7.19. The van der Waals surface area contributed by atoms with E-state index in [0.29, 0.717) is 0 Å². The Balaban J connectivity index is 2.00. The van der Waals surface area contributed by atoms with Crippen molar-refractivity contribution in [3.05, 3.63) is 66.0 Å². The van der Waals surface area contributed by atoms with Gasteiger partial charge in [-0.1, -0.05) is 0 Å². The predicted molar refractivity (Wildman–Crippen MR) is 91.2 cm³/mol. The molecule has 0 fully saturated rings. The zero-order valence-corrected chi connectivity index (χ0v) is 14.2. The molecule has 4 heteroatoms. The van der Waals surface area contributed by atoms with E-state index in [1.165, 1.54) is 20.1 Å². The van der Waals surface area contributed by atoms with Gasteiger partial charge in [0.05, 0.1) is 0 Å². The van der Waals surface area contributed by atoms with E-state index in [1.54, 1.807) is 0 Å². The molecule has 3 aromatic rings. The van der Waals surface area contributed by atoms with Crippen LogP contribution < -0.4 is 13.8 Å². The van der Waals surface area contributed by atoms with Gasteiger partial charge in [0.2, 0.25) is 0 Å². The van der Waals surface area contributed by atoms with Crippen molar-refractivity contribution in [3.63, 3.8) is 0 Å². The molecule has 0 bridgehead atoms. The molecular weight excluding hydrogens is 337 g/mol. The topological polar surface area (TPSA) is 29.0 Å². The van der Waals surface area contributed by atoms with Gasteiger partial charge in [0, 0.05) is 0 Å². The third-order valence-electron chi connectivity index (χ3n) is 3.72. The van der Waals surface area contributed by atoms with Crippen molar-refractivity contribution in [2.75, 3.05) is 4.90 Å². The maximum absolute atomic E-state index is 4.72. The number of anilines is 3. The molecule has 1 aromatic carbocycles. The van der Waals surface area contributed by atoms with E-state index in [9.17, 15) is 0 Å². The van der Waals surface area contributed by atoms with Crippen molar-refractivity contribution in [1.82, 2.24) is 9.97 Å². The van der Waals surface area contributed by atoms with Crippen molar-refractivity contribution in [2.45, 2.75) is 13.8 Å². The third kappa shape index (κ3) is 2.12. The van der Waals surface area contributed by atoms with Crippen LogP contribution in [0.25, 0.3) is 0 Å². The van der Waals surface area contributed by atoms with Gasteiger partial charge < -0.3 is 0 Å². The van der Waals surface area contributed by atoms with E-state index in [4.69, 9.17) is 4.98 Å². The number of hydrogen-bond donors (Lipinski definition) is 0. The van der Waals surface area contributed by atoms with Gasteiger partial charge in [-0.3, -0.25) is 0 Å². The fraction of sp³-hybridized carbons (Fsp3) is 0.111. The van der Waals surface area contributed by atoms with Gasteiger partial charge in [-0.15, -0.1) is 0 Å². The number of nitrogens with zero attached hydrogens (tertiary/aromatic N) is 3. The molecular formula is C18H15N3Se. The molecule has 0 unspecified atom stereocenters. The zero-order chi connectivity index (χ0) is 15.1. The van der Waals surface area contributed by atoms with Crippen molar-refractivity contribution in [1.29, 1.82) is 0 Å². The molecule has 1 aliphatic rings. The second-order valence-corrected chi connectivity index (χ2v) is 7.66. The van der Waals surface area contributed by atoms with Crippen molar-refractivity contribution in [3.8, 4) is 0 Å². The Morgan fingerprint density at radius 3 is 2.59 bits per heavy atom. The Labute approximate surface area is 136 Å².